The van der Waals surface area contributed by atoms with Crippen LogP contribution in [0.5, 0.6) is 5.75 Å². The first-order chi connectivity index (χ1) is 10.1. The number of oxime groups is 1. The second-order valence-corrected chi connectivity index (χ2v) is 5.17. The third-order valence-corrected chi connectivity index (χ3v) is 2.99. The van der Waals surface area contributed by atoms with E-state index in [-0.39, 0.29) is 0 Å². The Morgan fingerprint density at radius 3 is 2.43 bits per heavy atom. The summed E-state index contributed by atoms with van der Waals surface area (Å²) in [6.45, 7) is 6.87. The van der Waals surface area contributed by atoms with Gasteiger partial charge in [0, 0.05) is 0 Å². The van der Waals surface area contributed by atoms with E-state index in [4.69, 9.17) is 9.57 Å². The molecule has 0 bridgehead atoms. The molecular weight excluding hydrogens is 262 g/mol. The molecule has 114 valence electrons. The van der Waals surface area contributed by atoms with E-state index in [0.29, 0.717) is 6.61 Å². The molecule has 0 aliphatic carbocycles. The second kappa shape index (κ2) is 9.81. The smallest absolute Gasteiger partial charge is 0.135 e. The number of methoxy groups -OCH3 is 1. The molecular formula is C18H25NO2. The van der Waals surface area contributed by atoms with Gasteiger partial charge in [-0.3, -0.25) is 0 Å². The van der Waals surface area contributed by atoms with Gasteiger partial charge in [-0.25, -0.2) is 0 Å². The summed E-state index contributed by atoms with van der Waals surface area (Å²) in [6.07, 6.45) is 8.17. The fraction of sp³-hybridized carbons (Fsp3) is 0.389. The summed E-state index contributed by atoms with van der Waals surface area (Å²) in [5.41, 5.74) is 3.68. The highest BCUT2D eigenvalue weighted by atomic mass is 16.6. The van der Waals surface area contributed by atoms with E-state index < -0.39 is 0 Å². The van der Waals surface area contributed by atoms with Crippen LogP contribution >= 0.6 is 0 Å². The highest BCUT2D eigenvalue weighted by Gasteiger charge is 1.91. The molecule has 0 N–H and O–H groups in total. The molecule has 1 aromatic carbocycles. The van der Waals surface area contributed by atoms with Gasteiger partial charge in [0.1, 0.15) is 12.4 Å². The lowest BCUT2D eigenvalue weighted by atomic mass is 10.1. The number of allylic oxidation sites excluding steroid dienone is 3. The van der Waals surface area contributed by atoms with E-state index in [2.05, 4.69) is 38.1 Å². The Bertz CT molecular complexity index is 494. The van der Waals surface area contributed by atoms with Gasteiger partial charge >= 0.3 is 0 Å². The minimum Gasteiger partial charge on any atom is -0.497 e. The summed E-state index contributed by atoms with van der Waals surface area (Å²) in [6, 6.07) is 7.67. The van der Waals surface area contributed by atoms with E-state index in [1.807, 2.05) is 24.3 Å². The third kappa shape index (κ3) is 7.98. The number of nitrogens with zero attached hydrogens (tertiary/aromatic N) is 1. The molecule has 1 rings (SSSR count). The van der Waals surface area contributed by atoms with Gasteiger partial charge in [-0.15, -0.1) is 0 Å². The van der Waals surface area contributed by atoms with Crippen molar-refractivity contribution in [2.24, 2.45) is 5.16 Å². The Hall–Kier alpha value is -2.03. The highest BCUT2D eigenvalue weighted by Crippen LogP contribution is 2.10. The van der Waals surface area contributed by atoms with Gasteiger partial charge in [0.25, 0.3) is 0 Å². The Labute approximate surface area is 128 Å². The molecule has 1 aromatic rings. The molecule has 0 atom stereocenters. The molecule has 0 saturated carbocycles. The zero-order valence-corrected chi connectivity index (χ0v) is 13.4. The molecule has 0 aliphatic heterocycles. The summed E-state index contributed by atoms with van der Waals surface area (Å²) in [5.74, 6) is 0.836. The van der Waals surface area contributed by atoms with Crippen molar-refractivity contribution < 1.29 is 9.57 Å². The molecule has 3 heteroatoms. The predicted octanol–water partition coefficient (Wildman–Crippen LogP) is 4.74. The van der Waals surface area contributed by atoms with Crippen molar-refractivity contribution in [3.05, 3.63) is 53.1 Å². The minimum atomic E-state index is 0.507. The van der Waals surface area contributed by atoms with Gasteiger partial charge in [0.2, 0.25) is 0 Å². The lowest BCUT2D eigenvalue weighted by Crippen LogP contribution is -1.88. The summed E-state index contributed by atoms with van der Waals surface area (Å²) in [7, 11) is 1.65. The van der Waals surface area contributed by atoms with Crippen molar-refractivity contribution in [3.8, 4) is 5.75 Å². The first-order valence-corrected chi connectivity index (χ1v) is 7.20. The maximum atomic E-state index is 5.24. The van der Waals surface area contributed by atoms with Crippen LogP contribution in [-0.4, -0.2) is 19.9 Å². The first kappa shape index (κ1) is 17.0. The summed E-state index contributed by atoms with van der Waals surface area (Å²) < 4.78 is 5.10. The Morgan fingerprint density at radius 2 is 1.81 bits per heavy atom. The molecule has 0 radical (unpaired) electrons. The monoisotopic (exact) mass is 287 g/mol. The average molecular weight is 287 g/mol. The van der Waals surface area contributed by atoms with Crippen LogP contribution in [-0.2, 0) is 4.84 Å². The molecule has 0 aromatic heterocycles. The van der Waals surface area contributed by atoms with Crippen LogP contribution in [0.15, 0.2) is 52.7 Å². The minimum absolute atomic E-state index is 0.507. The second-order valence-electron chi connectivity index (χ2n) is 5.17. The van der Waals surface area contributed by atoms with Gasteiger partial charge < -0.3 is 9.57 Å². The van der Waals surface area contributed by atoms with Gasteiger partial charge in [0.15, 0.2) is 0 Å². The molecule has 0 heterocycles. The standard InChI is InChI=1S/C18H25NO2/c1-15(2)6-5-7-16(3)12-13-21-19-14-17-8-10-18(20-4)11-9-17/h6,8-12,14H,5,7,13H2,1-4H3/b16-12+,19-14+. The van der Waals surface area contributed by atoms with Crippen LogP contribution in [0.25, 0.3) is 0 Å². The largest absolute Gasteiger partial charge is 0.497 e. The zero-order valence-electron chi connectivity index (χ0n) is 13.4. The number of hydrogen-bond acceptors (Lipinski definition) is 3. The predicted molar refractivity (Wildman–Crippen MR) is 89.0 cm³/mol. The van der Waals surface area contributed by atoms with Crippen molar-refractivity contribution in [2.45, 2.75) is 33.6 Å². The van der Waals surface area contributed by atoms with Gasteiger partial charge in [-0.05, 0) is 69.5 Å². The summed E-state index contributed by atoms with van der Waals surface area (Å²) in [5, 5.41) is 3.96. The zero-order chi connectivity index (χ0) is 15.5. The molecule has 0 saturated heterocycles. The number of rotatable bonds is 8. The highest BCUT2D eigenvalue weighted by molar-refractivity contribution is 5.79. The number of hydrogen-bond donors (Lipinski definition) is 0. The first-order valence-electron chi connectivity index (χ1n) is 7.20. The van der Waals surface area contributed by atoms with Crippen LogP contribution in [0.2, 0.25) is 0 Å². The normalized spacial score (nSPS) is 11.5. The van der Waals surface area contributed by atoms with Crippen molar-refractivity contribution >= 4 is 6.21 Å². The van der Waals surface area contributed by atoms with Crippen LogP contribution in [0, 0.1) is 0 Å². The number of ether oxygens (including phenoxy) is 1. The third-order valence-electron chi connectivity index (χ3n) is 2.99. The number of benzene rings is 1. The van der Waals surface area contributed by atoms with E-state index in [1.165, 1.54) is 11.1 Å². The molecule has 0 amide bonds. The van der Waals surface area contributed by atoms with Crippen LogP contribution in [0.4, 0.5) is 0 Å². The van der Waals surface area contributed by atoms with Crippen molar-refractivity contribution in [1.82, 2.24) is 0 Å². The van der Waals surface area contributed by atoms with Crippen molar-refractivity contribution in [1.29, 1.82) is 0 Å². The fourth-order valence-corrected chi connectivity index (χ4v) is 1.70. The van der Waals surface area contributed by atoms with Crippen LogP contribution in [0.1, 0.15) is 39.2 Å². The lowest BCUT2D eigenvalue weighted by molar-refractivity contribution is 0.176. The fourth-order valence-electron chi connectivity index (χ4n) is 1.70. The molecule has 0 fully saturated rings. The molecule has 0 spiro atoms. The molecule has 21 heavy (non-hydrogen) atoms. The summed E-state index contributed by atoms with van der Waals surface area (Å²) in [4.78, 5) is 5.24. The topological polar surface area (TPSA) is 30.8 Å². The Morgan fingerprint density at radius 1 is 1.10 bits per heavy atom. The maximum absolute atomic E-state index is 5.24. The summed E-state index contributed by atoms with van der Waals surface area (Å²) >= 11 is 0. The van der Waals surface area contributed by atoms with E-state index >= 15 is 0 Å². The molecule has 0 aliphatic rings. The van der Waals surface area contributed by atoms with Crippen LogP contribution in [0.3, 0.4) is 0 Å². The molecule has 0 unspecified atom stereocenters. The van der Waals surface area contributed by atoms with Crippen LogP contribution < -0.4 is 4.74 Å². The van der Waals surface area contributed by atoms with Gasteiger partial charge in [-0.1, -0.05) is 22.4 Å². The SMILES string of the molecule is COc1ccc(/C=N/OC/C=C(\C)CCC=C(C)C)cc1. The quantitative estimate of drug-likeness (QED) is 0.299. The van der Waals surface area contributed by atoms with Gasteiger partial charge in [-0.2, -0.15) is 0 Å². The van der Waals surface area contributed by atoms with E-state index in [0.717, 1.165) is 24.2 Å². The lowest BCUT2D eigenvalue weighted by Gasteiger charge is -2.00. The maximum Gasteiger partial charge on any atom is 0.135 e. The van der Waals surface area contributed by atoms with Crippen molar-refractivity contribution in [2.75, 3.05) is 13.7 Å². The average Bonchev–Trinajstić information content (AvgIpc) is 2.47. The van der Waals surface area contributed by atoms with Gasteiger partial charge in [0.05, 0.1) is 13.3 Å². The van der Waals surface area contributed by atoms with Crippen molar-refractivity contribution in [3.63, 3.8) is 0 Å². The molecule has 3 nitrogen and oxygen atoms in total. The Kier molecular flexibility index (Phi) is 7.95. The van der Waals surface area contributed by atoms with E-state index in [1.54, 1.807) is 13.3 Å². The Balaban J connectivity index is 2.28. The van der Waals surface area contributed by atoms with E-state index in [9.17, 15) is 0 Å².